The van der Waals surface area contributed by atoms with Crippen molar-refractivity contribution in [1.82, 2.24) is 5.43 Å². The zero-order valence-electron chi connectivity index (χ0n) is 11.3. The van der Waals surface area contributed by atoms with E-state index in [0.29, 0.717) is 13.2 Å². The number of hydrazine groups is 1. The molecule has 1 aromatic rings. The summed E-state index contributed by atoms with van der Waals surface area (Å²) in [5.74, 6) is 9.33. The molecule has 1 aromatic carbocycles. The van der Waals surface area contributed by atoms with E-state index < -0.39 is 0 Å². The Morgan fingerprint density at radius 1 is 1.20 bits per heavy atom. The number of benzene rings is 1. The Kier molecular flexibility index (Phi) is 4.67. The molecule has 5 nitrogen and oxygen atoms in total. The highest BCUT2D eigenvalue weighted by Gasteiger charge is 2.26. The maximum Gasteiger partial charge on any atom is 0.161 e. The number of ether oxygens (including phenoxy) is 3. The number of thioether (sulfide) groups is 1. The fourth-order valence-corrected chi connectivity index (χ4v) is 3.39. The average molecular weight is 296 g/mol. The molecule has 2 atom stereocenters. The summed E-state index contributed by atoms with van der Waals surface area (Å²) in [6.07, 6.45) is 0.994. The van der Waals surface area contributed by atoms with Crippen molar-refractivity contribution in [3.63, 3.8) is 0 Å². The van der Waals surface area contributed by atoms with Gasteiger partial charge in [0.2, 0.25) is 0 Å². The van der Waals surface area contributed by atoms with Gasteiger partial charge in [0.15, 0.2) is 11.5 Å². The van der Waals surface area contributed by atoms with Crippen molar-refractivity contribution in [2.24, 2.45) is 5.84 Å². The SMILES string of the molecule is NNC(c1ccc2c(c1)OCCCO2)C1CSCCO1. The summed E-state index contributed by atoms with van der Waals surface area (Å²) in [4.78, 5) is 0. The van der Waals surface area contributed by atoms with Crippen molar-refractivity contribution in [2.45, 2.75) is 18.6 Å². The van der Waals surface area contributed by atoms with Gasteiger partial charge in [-0.25, -0.2) is 0 Å². The van der Waals surface area contributed by atoms with Gasteiger partial charge in [0.1, 0.15) is 0 Å². The molecule has 3 rings (SSSR count). The predicted octanol–water partition coefficient (Wildman–Crippen LogP) is 1.48. The van der Waals surface area contributed by atoms with Gasteiger partial charge < -0.3 is 14.2 Å². The fourth-order valence-electron chi connectivity index (χ4n) is 2.49. The summed E-state index contributed by atoms with van der Waals surface area (Å²) < 4.78 is 17.2. The normalized spacial score (nSPS) is 23.9. The van der Waals surface area contributed by atoms with Crippen LogP contribution in [0.5, 0.6) is 11.5 Å². The monoisotopic (exact) mass is 296 g/mol. The molecule has 0 saturated carbocycles. The van der Waals surface area contributed by atoms with Crippen LogP contribution >= 0.6 is 11.8 Å². The first-order valence-electron chi connectivity index (χ1n) is 6.93. The second kappa shape index (κ2) is 6.67. The van der Waals surface area contributed by atoms with Crippen LogP contribution in [-0.4, -0.2) is 37.4 Å². The summed E-state index contributed by atoms with van der Waals surface area (Å²) in [5.41, 5.74) is 3.95. The second-order valence-electron chi connectivity index (χ2n) is 4.89. The summed E-state index contributed by atoms with van der Waals surface area (Å²) >= 11 is 1.90. The van der Waals surface area contributed by atoms with Crippen molar-refractivity contribution in [3.05, 3.63) is 23.8 Å². The van der Waals surface area contributed by atoms with Crippen LogP contribution in [0.3, 0.4) is 0 Å². The Labute approximate surface area is 123 Å². The van der Waals surface area contributed by atoms with E-state index in [4.69, 9.17) is 20.1 Å². The van der Waals surface area contributed by atoms with E-state index in [0.717, 1.165) is 41.6 Å². The van der Waals surface area contributed by atoms with E-state index in [9.17, 15) is 0 Å². The van der Waals surface area contributed by atoms with Gasteiger partial charge in [-0.05, 0) is 17.7 Å². The van der Waals surface area contributed by atoms with Crippen molar-refractivity contribution < 1.29 is 14.2 Å². The molecule has 110 valence electrons. The van der Waals surface area contributed by atoms with Crippen molar-refractivity contribution in [3.8, 4) is 11.5 Å². The molecule has 0 spiro atoms. The topological polar surface area (TPSA) is 65.7 Å². The number of rotatable bonds is 3. The minimum absolute atomic E-state index is 0.0278. The number of nitrogens with one attached hydrogen (secondary N) is 1. The van der Waals surface area contributed by atoms with Gasteiger partial charge in [-0.2, -0.15) is 11.8 Å². The van der Waals surface area contributed by atoms with E-state index in [2.05, 4.69) is 5.43 Å². The second-order valence-corrected chi connectivity index (χ2v) is 6.03. The molecule has 0 radical (unpaired) electrons. The Morgan fingerprint density at radius 2 is 2.05 bits per heavy atom. The van der Waals surface area contributed by atoms with Crippen molar-refractivity contribution >= 4 is 11.8 Å². The van der Waals surface area contributed by atoms with E-state index in [1.54, 1.807) is 0 Å². The minimum atomic E-state index is -0.0278. The Morgan fingerprint density at radius 3 is 2.80 bits per heavy atom. The van der Waals surface area contributed by atoms with E-state index >= 15 is 0 Å². The quantitative estimate of drug-likeness (QED) is 0.651. The highest BCUT2D eigenvalue weighted by Crippen LogP contribution is 2.34. The number of nitrogens with two attached hydrogens (primary N) is 1. The van der Waals surface area contributed by atoms with E-state index in [-0.39, 0.29) is 12.1 Å². The first kappa shape index (κ1) is 14.0. The highest BCUT2D eigenvalue weighted by atomic mass is 32.2. The zero-order valence-corrected chi connectivity index (χ0v) is 12.2. The lowest BCUT2D eigenvalue weighted by Gasteiger charge is -2.30. The Bertz CT molecular complexity index is 452. The molecule has 2 heterocycles. The predicted molar refractivity (Wildman–Crippen MR) is 79.2 cm³/mol. The molecule has 1 saturated heterocycles. The Balaban J connectivity index is 1.82. The van der Waals surface area contributed by atoms with Crippen LogP contribution in [-0.2, 0) is 4.74 Å². The molecular weight excluding hydrogens is 276 g/mol. The van der Waals surface area contributed by atoms with Gasteiger partial charge in [-0.3, -0.25) is 11.3 Å². The van der Waals surface area contributed by atoms with E-state index in [1.165, 1.54) is 0 Å². The first-order chi connectivity index (χ1) is 9.88. The fraction of sp³-hybridized carbons (Fsp3) is 0.571. The van der Waals surface area contributed by atoms with E-state index in [1.807, 2.05) is 30.0 Å². The average Bonchev–Trinajstić information content (AvgIpc) is 2.74. The molecule has 1 fully saturated rings. The molecule has 0 bridgehead atoms. The third-order valence-electron chi connectivity index (χ3n) is 3.52. The lowest BCUT2D eigenvalue weighted by Crippen LogP contribution is -2.41. The van der Waals surface area contributed by atoms with Gasteiger partial charge in [-0.1, -0.05) is 6.07 Å². The maximum absolute atomic E-state index is 5.82. The smallest absolute Gasteiger partial charge is 0.161 e. The number of hydrogen-bond acceptors (Lipinski definition) is 6. The molecule has 3 N–H and O–H groups in total. The molecule has 2 unspecified atom stereocenters. The van der Waals surface area contributed by atoms with Crippen molar-refractivity contribution in [1.29, 1.82) is 0 Å². The lowest BCUT2D eigenvalue weighted by atomic mass is 10.0. The van der Waals surface area contributed by atoms with Crippen LogP contribution in [0.15, 0.2) is 18.2 Å². The molecule has 2 aliphatic rings. The summed E-state index contributed by atoms with van der Waals surface area (Å²) in [6, 6.07) is 5.96. The lowest BCUT2D eigenvalue weighted by molar-refractivity contribution is 0.0467. The molecular formula is C14H20N2O3S. The number of fused-ring (bicyclic) bond motifs is 1. The van der Waals surface area contributed by atoms with Crippen LogP contribution in [0, 0.1) is 0 Å². The standard InChI is InChI=1S/C14H20N2O3S/c15-16-14(13-9-20-7-6-19-13)10-2-3-11-12(8-10)18-5-1-4-17-11/h2-3,8,13-14,16H,1,4-7,9,15H2. The largest absolute Gasteiger partial charge is 0.490 e. The maximum atomic E-state index is 5.82. The van der Waals surface area contributed by atoms with Crippen LogP contribution in [0.2, 0.25) is 0 Å². The third-order valence-corrected chi connectivity index (χ3v) is 4.54. The summed E-state index contributed by atoms with van der Waals surface area (Å²) in [6.45, 7) is 2.16. The summed E-state index contributed by atoms with van der Waals surface area (Å²) in [7, 11) is 0. The molecule has 0 amide bonds. The molecule has 0 aliphatic carbocycles. The first-order valence-corrected chi connectivity index (χ1v) is 8.09. The van der Waals surface area contributed by atoms with Gasteiger partial charge >= 0.3 is 0 Å². The molecule has 2 aliphatic heterocycles. The van der Waals surface area contributed by atoms with Gasteiger partial charge in [0.25, 0.3) is 0 Å². The van der Waals surface area contributed by atoms with Gasteiger partial charge in [0.05, 0.1) is 32.0 Å². The summed E-state index contributed by atoms with van der Waals surface area (Å²) in [5, 5.41) is 0. The molecule has 0 aromatic heterocycles. The van der Waals surface area contributed by atoms with Crippen LogP contribution < -0.4 is 20.7 Å². The highest BCUT2D eigenvalue weighted by molar-refractivity contribution is 7.99. The third kappa shape index (κ3) is 3.03. The zero-order chi connectivity index (χ0) is 13.8. The van der Waals surface area contributed by atoms with Crippen LogP contribution in [0.1, 0.15) is 18.0 Å². The number of hydrogen-bond donors (Lipinski definition) is 2. The minimum Gasteiger partial charge on any atom is -0.490 e. The van der Waals surface area contributed by atoms with Crippen LogP contribution in [0.4, 0.5) is 0 Å². The van der Waals surface area contributed by atoms with Crippen molar-refractivity contribution in [2.75, 3.05) is 31.3 Å². The Hall–Kier alpha value is -0.950. The van der Waals surface area contributed by atoms with Crippen LogP contribution in [0.25, 0.3) is 0 Å². The molecule has 6 heteroatoms. The van der Waals surface area contributed by atoms with Gasteiger partial charge in [-0.15, -0.1) is 0 Å². The molecule has 20 heavy (non-hydrogen) atoms. The van der Waals surface area contributed by atoms with Gasteiger partial charge in [0, 0.05) is 17.9 Å².